The molecule has 2 aliphatic rings. The van der Waals surface area contributed by atoms with Crippen LogP contribution in [0.15, 0.2) is 71.4 Å². The van der Waals surface area contributed by atoms with Gasteiger partial charge in [-0.3, -0.25) is 0 Å². The molecule has 1 aliphatic carbocycles. The Morgan fingerprint density at radius 2 is 1.87 bits per heavy atom. The first kappa shape index (κ1) is 29.1. The lowest BCUT2D eigenvalue weighted by Crippen LogP contribution is -2.45. The van der Waals surface area contributed by atoms with Crippen molar-refractivity contribution in [3.63, 3.8) is 0 Å². The van der Waals surface area contributed by atoms with Gasteiger partial charge in [0.1, 0.15) is 29.6 Å². The Hall–Kier alpha value is -4.64. The van der Waals surface area contributed by atoms with Crippen molar-refractivity contribution in [1.29, 1.82) is 0 Å². The molecule has 1 aliphatic heterocycles. The second-order valence-electron chi connectivity index (χ2n) is 11.4. The molecule has 232 valence electrons. The Morgan fingerprint density at radius 3 is 2.58 bits per heavy atom. The maximum Gasteiger partial charge on any atom is 0.573 e. The highest BCUT2D eigenvalue weighted by Gasteiger charge is 2.36. The molecule has 0 spiro atoms. The number of hydrogen-bond donors (Lipinski definition) is 1. The minimum absolute atomic E-state index is 0.0260. The molecule has 1 saturated heterocycles. The van der Waals surface area contributed by atoms with Crippen molar-refractivity contribution in [2.24, 2.45) is 7.05 Å². The van der Waals surface area contributed by atoms with E-state index >= 15 is 0 Å². The van der Waals surface area contributed by atoms with E-state index in [1.54, 1.807) is 18.3 Å². The highest BCUT2D eigenvalue weighted by Crippen LogP contribution is 2.46. The van der Waals surface area contributed by atoms with E-state index in [-0.39, 0.29) is 41.0 Å². The number of nitrogens with zero attached hydrogens (tertiary/aromatic N) is 3. The molecule has 0 bridgehead atoms. The molecule has 0 radical (unpaired) electrons. The molecule has 12 heteroatoms. The Balaban J connectivity index is 1.06. The van der Waals surface area contributed by atoms with E-state index < -0.39 is 12.3 Å². The van der Waals surface area contributed by atoms with Crippen LogP contribution in [0.1, 0.15) is 51.9 Å². The normalized spacial score (nSPS) is 15.4. The number of carboxylic acids is 1. The molecule has 2 fully saturated rings. The number of ether oxygens (including phenoxy) is 2. The number of aromatic carboxylic acids is 1. The average molecular weight is 638 g/mol. The zero-order chi connectivity index (χ0) is 31.5. The Kier molecular flexibility index (Phi) is 7.15. The predicted molar refractivity (Wildman–Crippen MR) is 161 cm³/mol. The van der Waals surface area contributed by atoms with E-state index in [0.29, 0.717) is 27.5 Å². The van der Waals surface area contributed by atoms with E-state index in [1.165, 1.54) is 18.2 Å². The number of aryl methyl sites for hydroxylation is 1. The zero-order valence-corrected chi connectivity index (χ0v) is 24.7. The van der Waals surface area contributed by atoms with Gasteiger partial charge in [-0.1, -0.05) is 35.0 Å². The van der Waals surface area contributed by atoms with Crippen molar-refractivity contribution in [3.8, 4) is 22.8 Å². The van der Waals surface area contributed by atoms with Gasteiger partial charge < -0.3 is 28.6 Å². The third-order valence-electron chi connectivity index (χ3n) is 8.38. The van der Waals surface area contributed by atoms with E-state index in [2.05, 4.69) is 14.8 Å². The van der Waals surface area contributed by atoms with Gasteiger partial charge in [0.2, 0.25) is 0 Å². The number of fused-ring (bicyclic) bond motifs is 1. The highest BCUT2D eigenvalue weighted by molar-refractivity contribution is 6.31. The first-order valence-corrected chi connectivity index (χ1v) is 14.8. The Morgan fingerprint density at radius 1 is 1.09 bits per heavy atom. The van der Waals surface area contributed by atoms with Crippen LogP contribution in [-0.2, 0) is 13.7 Å². The molecule has 1 saturated carbocycles. The number of rotatable bonds is 9. The summed E-state index contributed by atoms with van der Waals surface area (Å²) in [6.45, 7) is 1.46. The summed E-state index contributed by atoms with van der Waals surface area (Å²) in [5.41, 5.74) is 4.03. The summed E-state index contributed by atoms with van der Waals surface area (Å²) < 4.78 is 57.0. The van der Waals surface area contributed by atoms with Crippen molar-refractivity contribution < 1.29 is 37.1 Å². The molecule has 0 amide bonds. The number of alkyl halides is 3. The standard InChI is InChI=1S/C33H27ClF3N3O5/c1-39-16-25(32(41)42)24-12-20(8-11-28(24)39)40-14-19(15-40)22-10-9-21(13-27(22)34)43-17-26-30(38-45-31(26)18-6-7-18)23-4-2-3-5-29(23)44-33(35,36)37/h2-5,8-13,16,18-19H,6-7,14-15,17H2,1H3,(H,41,42). The third-order valence-corrected chi connectivity index (χ3v) is 8.71. The second kappa shape index (κ2) is 11.1. The molecule has 7 rings (SSSR count). The van der Waals surface area contributed by atoms with Crippen molar-refractivity contribution in [3.05, 3.63) is 94.3 Å². The monoisotopic (exact) mass is 637 g/mol. The van der Waals surface area contributed by atoms with Gasteiger partial charge in [0, 0.05) is 65.3 Å². The molecular weight excluding hydrogens is 611 g/mol. The molecule has 2 aromatic heterocycles. The number of para-hydroxylation sites is 1. The van der Waals surface area contributed by atoms with E-state index in [4.69, 9.17) is 20.9 Å². The number of hydrogen-bond acceptors (Lipinski definition) is 6. The summed E-state index contributed by atoms with van der Waals surface area (Å²) in [4.78, 5) is 13.9. The van der Waals surface area contributed by atoms with Gasteiger partial charge in [-0.15, -0.1) is 13.2 Å². The summed E-state index contributed by atoms with van der Waals surface area (Å²) in [7, 11) is 1.83. The van der Waals surface area contributed by atoms with Crippen LogP contribution in [0.4, 0.5) is 18.9 Å². The lowest BCUT2D eigenvalue weighted by atomic mass is 9.90. The lowest BCUT2D eigenvalue weighted by Gasteiger charge is -2.41. The maximum absolute atomic E-state index is 13.1. The lowest BCUT2D eigenvalue weighted by molar-refractivity contribution is -0.274. The SMILES string of the molecule is Cn1cc(C(=O)O)c2cc(N3CC(c4ccc(OCc5c(-c6ccccc6OC(F)(F)F)noc5C5CC5)cc4Cl)C3)ccc21. The van der Waals surface area contributed by atoms with Gasteiger partial charge in [0.05, 0.1) is 11.1 Å². The summed E-state index contributed by atoms with van der Waals surface area (Å²) >= 11 is 6.71. The zero-order valence-electron chi connectivity index (χ0n) is 24.0. The molecule has 3 heterocycles. The number of halogens is 4. The topological polar surface area (TPSA) is 90.0 Å². The number of benzene rings is 3. The number of carboxylic acid groups (broad SMARTS) is 1. The first-order chi connectivity index (χ1) is 21.6. The molecule has 3 aromatic carbocycles. The fraction of sp³-hybridized carbons (Fsp3) is 0.273. The van der Waals surface area contributed by atoms with E-state index in [1.807, 2.05) is 41.9 Å². The summed E-state index contributed by atoms with van der Waals surface area (Å²) in [6, 6.07) is 17.1. The van der Waals surface area contributed by atoms with Crippen LogP contribution in [0.2, 0.25) is 5.02 Å². The fourth-order valence-corrected chi connectivity index (χ4v) is 6.26. The van der Waals surface area contributed by atoms with Crippen molar-refractivity contribution >= 4 is 34.2 Å². The Bertz CT molecular complexity index is 1920. The summed E-state index contributed by atoms with van der Waals surface area (Å²) in [5, 5.41) is 14.9. The molecule has 8 nitrogen and oxygen atoms in total. The van der Waals surface area contributed by atoms with Crippen LogP contribution in [0, 0.1) is 0 Å². The van der Waals surface area contributed by atoms with E-state index in [0.717, 1.165) is 42.7 Å². The largest absolute Gasteiger partial charge is 0.573 e. The van der Waals surface area contributed by atoms with Crippen molar-refractivity contribution in [2.75, 3.05) is 18.0 Å². The average Bonchev–Trinajstić information content (AvgIpc) is 3.64. The smallest absolute Gasteiger partial charge is 0.489 e. The van der Waals surface area contributed by atoms with Gasteiger partial charge in [0.15, 0.2) is 0 Å². The van der Waals surface area contributed by atoms with Crippen LogP contribution < -0.4 is 14.4 Å². The van der Waals surface area contributed by atoms with Crippen LogP contribution in [0.3, 0.4) is 0 Å². The molecular formula is C33H27ClF3N3O5. The second-order valence-corrected chi connectivity index (χ2v) is 11.8. The number of aromatic nitrogens is 2. The van der Waals surface area contributed by atoms with Crippen molar-refractivity contribution in [1.82, 2.24) is 9.72 Å². The molecule has 5 aromatic rings. The minimum atomic E-state index is -4.86. The molecule has 0 unspecified atom stereocenters. The van der Waals surface area contributed by atoms with Crippen LogP contribution in [-0.4, -0.2) is 40.3 Å². The highest BCUT2D eigenvalue weighted by atomic mass is 35.5. The fourth-order valence-electron chi connectivity index (χ4n) is 5.93. The predicted octanol–water partition coefficient (Wildman–Crippen LogP) is 8.14. The van der Waals surface area contributed by atoms with Crippen molar-refractivity contribution in [2.45, 2.75) is 37.6 Å². The molecule has 1 N–H and O–H groups in total. The van der Waals surface area contributed by atoms with Gasteiger partial charge in [-0.25, -0.2) is 4.79 Å². The number of carbonyl (C=O) groups is 1. The Labute approximate surface area is 260 Å². The number of anilines is 1. The molecule has 45 heavy (non-hydrogen) atoms. The van der Waals surface area contributed by atoms with Gasteiger partial charge in [0.25, 0.3) is 0 Å². The van der Waals surface area contributed by atoms with Gasteiger partial charge in [-0.2, -0.15) is 0 Å². The van der Waals surface area contributed by atoms with Gasteiger partial charge in [-0.05, 0) is 60.9 Å². The van der Waals surface area contributed by atoms with Crippen LogP contribution in [0.25, 0.3) is 22.2 Å². The van der Waals surface area contributed by atoms with Gasteiger partial charge >= 0.3 is 12.3 Å². The van der Waals surface area contributed by atoms with E-state index in [9.17, 15) is 23.1 Å². The molecule has 0 atom stereocenters. The first-order valence-electron chi connectivity index (χ1n) is 14.4. The van der Waals surface area contributed by atoms with Crippen LogP contribution >= 0.6 is 11.6 Å². The maximum atomic E-state index is 13.1. The summed E-state index contributed by atoms with van der Waals surface area (Å²) in [5.74, 6) is 0.102. The third kappa shape index (κ3) is 5.68. The van der Waals surface area contributed by atoms with Crippen LogP contribution in [0.5, 0.6) is 11.5 Å². The minimum Gasteiger partial charge on any atom is -0.489 e. The summed E-state index contributed by atoms with van der Waals surface area (Å²) in [6.07, 6.45) is -1.43. The quantitative estimate of drug-likeness (QED) is 0.174.